The predicted octanol–water partition coefficient (Wildman–Crippen LogP) is 2.98. The van der Waals surface area contributed by atoms with Crippen molar-refractivity contribution in [2.75, 3.05) is 32.7 Å². The van der Waals surface area contributed by atoms with Gasteiger partial charge in [0.15, 0.2) is 0 Å². The minimum absolute atomic E-state index is 0.203. The van der Waals surface area contributed by atoms with Crippen molar-refractivity contribution in [2.45, 2.75) is 12.8 Å². The normalized spacial score (nSPS) is 15.8. The number of carbonyl (C=O) groups is 1. The van der Waals surface area contributed by atoms with Crippen molar-refractivity contribution in [1.29, 1.82) is 0 Å². The van der Waals surface area contributed by atoms with Crippen LogP contribution in [-0.2, 0) is 4.79 Å². The molecule has 0 unspecified atom stereocenters. The van der Waals surface area contributed by atoms with E-state index < -0.39 is 0 Å². The summed E-state index contributed by atoms with van der Waals surface area (Å²) in [6.45, 7) is 6.82. The molecule has 1 aliphatic heterocycles. The summed E-state index contributed by atoms with van der Waals surface area (Å²) in [6.07, 6.45) is 0. The molecule has 2 aromatic rings. The van der Waals surface area contributed by atoms with Gasteiger partial charge in [0, 0.05) is 26.2 Å². The quantitative estimate of drug-likeness (QED) is 0.867. The Hall–Kier alpha value is -2.13. The molecule has 3 heteroatoms. The lowest BCUT2D eigenvalue weighted by molar-refractivity contribution is -0.133. The van der Waals surface area contributed by atoms with Gasteiger partial charge in [0.25, 0.3) is 0 Å². The first-order valence-electron chi connectivity index (χ1n) is 8.40. The standard InChI is InChI=1S/C20H24N2O/c1-2-21-13-15-22(16-14-21)20(23)19(17-9-5-3-6-10-17)18-11-7-4-8-12-18/h3-12,19H,2,13-16H2,1H3. The lowest BCUT2D eigenvalue weighted by Crippen LogP contribution is -2.49. The van der Waals surface area contributed by atoms with Crippen molar-refractivity contribution < 1.29 is 4.79 Å². The molecule has 0 atom stereocenters. The van der Waals surface area contributed by atoms with Crippen LogP contribution in [-0.4, -0.2) is 48.4 Å². The van der Waals surface area contributed by atoms with E-state index in [1.165, 1.54) is 0 Å². The summed E-state index contributed by atoms with van der Waals surface area (Å²) < 4.78 is 0. The summed E-state index contributed by atoms with van der Waals surface area (Å²) in [5, 5.41) is 0. The largest absolute Gasteiger partial charge is 0.339 e. The Kier molecular flexibility index (Phi) is 5.09. The third-order valence-corrected chi connectivity index (χ3v) is 4.64. The van der Waals surface area contributed by atoms with Crippen LogP contribution in [0.15, 0.2) is 60.7 Å². The molecule has 1 fully saturated rings. The average Bonchev–Trinajstić information content (AvgIpc) is 2.64. The van der Waals surface area contributed by atoms with Crippen molar-refractivity contribution in [2.24, 2.45) is 0 Å². The fraction of sp³-hybridized carbons (Fsp3) is 0.350. The van der Waals surface area contributed by atoms with Gasteiger partial charge in [0.05, 0.1) is 5.92 Å². The molecule has 3 nitrogen and oxygen atoms in total. The lowest BCUT2D eigenvalue weighted by Gasteiger charge is -2.36. The molecule has 1 saturated heterocycles. The van der Waals surface area contributed by atoms with E-state index in [0.717, 1.165) is 43.9 Å². The SMILES string of the molecule is CCN1CCN(C(=O)C(c2ccccc2)c2ccccc2)CC1. The predicted molar refractivity (Wildman–Crippen MR) is 93.4 cm³/mol. The molecule has 1 heterocycles. The molecule has 0 saturated carbocycles. The number of likely N-dealkylation sites (N-methyl/N-ethyl adjacent to an activating group) is 1. The molecular formula is C20H24N2O. The van der Waals surface area contributed by atoms with Crippen molar-refractivity contribution >= 4 is 5.91 Å². The van der Waals surface area contributed by atoms with Gasteiger partial charge in [0.2, 0.25) is 5.91 Å². The second-order valence-corrected chi connectivity index (χ2v) is 6.01. The number of amides is 1. The van der Waals surface area contributed by atoms with Crippen LogP contribution in [0, 0.1) is 0 Å². The smallest absolute Gasteiger partial charge is 0.234 e. The van der Waals surface area contributed by atoms with Crippen LogP contribution in [0.25, 0.3) is 0 Å². The average molecular weight is 308 g/mol. The maximum Gasteiger partial charge on any atom is 0.234 e. The summed E-state index contributed by atoms with van der Waals surface area (Å²) in [5.41, 5.74) is 2.14. The topological polar surface area (TPSA) is 23.6 Å². The van der Waals surface area contributed by atoms with Crippen LogP contribution in [0.3, 0.4) is 0 Å². The van der Waals surface area contributed by atoms with E-state index in [2.05, 4.69) is 36.1 Å². The fourth-order valence-electron chi connectivity index (χ4n) is 3.24. The van der Waals surface area contributed by atoms with E-state index in [9.17, 15) is 4.79 Å². The minimum Gasteiger partial charge on any atom is -0.339 e. The first-order chi connectivity index (χ1) is 11.3. The number of carbonyl (C=O) groups excluding carboxylic acids is 1. The molecule has 0 aromatic heterocycles. The van der Waals surface area contributed by atoms with Gasteiger partial charge in [-0.25, -0.2) is 0 Å². The molecule has 1 aliphatic rings. The maximum absolute atomic E-state index is 13.2. The third kappa shape index (κ3) is 3.62. The van der Waals surface area contributed by atoms with Gasteiger partial charge in [-0.2, -0.15) is 0 Å². The molecule has 2 aromatic carbocycles. The Balaban J connectivity index is 1.86. The zero-order valence-electron chi connectivity index (χ0n) is 13.7. The van der Waals surface area contributed by atoms with E-state index >= 15 is 0 Å². The molecule has 0 radical (unpaired) electrons. The summed E-state index contributed by atoms with van der Waals surface area (Å²) in [6, 6.07) is 20.2. The van der Waals surface area contributed by atoms with E-state index in [-0.39, 0.29) is 11.8 Å². The van der Waals surface area contributed by atoms with E-state index in [4.69, 9.17) is 0 Å². The molecule has 0 aliphatic carbocycles. The molecule has 3 rings (SSSR count). The van der Waals surface area contributed by atoms with Crippen molar-refractivity contribution in [3.05, 3.63) is 71.8 Å². The number of nitrogens with zero attached hydrogens (tertiary/aromatic N) is 2. The Bertz CT molecular complexity index is 579. The van der Waals surface area contributed by atoms with E-state index in [1.807, 2.05) is 41.3 Å². The Morgan fingerprint density at radius 2 is 1.35 bits per heavy atom. The van der Waals surface area contributed by atoms with E-state index in [1.54, 1.807) is 0 Å². The molecule has 1 amide bonds. The molecular weight excluding hydrogens is 284 g/mol. The van der Waals surface area contributed by atoms with Crippen molar-refractivity contribution in [3.8, 4) is 0 Å². The van der Waals surface area contributed by atoms with Crippen LogP contribution < -0.4 is 0 Å². The molecule has 0 N–H and O–H groups in total. The van der Waals surface area contributed by atoms with Crippen molar-refractivity contribution in [3.63, 3.8) is 0 Å². The summed E-state index contributed by atoms with van der Waals surface area (Å²) in [4.78, 5) is 17.6. The Morgan fingerprint density at radius 3 is 1.78 bits per heavy atom. The molecule has 23 heavy (non-hydrogen) atoms. The van der Waals surface area contributed by atoms with Gasteiger partial charge >= 0.3 is 0 Å². The summed E-state index contributed by atoms with van der Waals surface area (Å²) >= 11 is 0. The van der Waals surface area contributed by atoms with Gasteiger partial charge in [-0.15, -0.1) is 0 Å². The van der Waals surface area contributed by atoms with Crippen LogP contribution in [0.1, 0.15) is 24.0 Å². The van der Waals surface area contributed by atoms with Gasteiger partial charge < -0.3 is 9.80 Å². The number of piperazine rings is 1. The van der Waals surface area contributed by atoms with Gasteiger partial charge in [0.1, 0.15) is 0 Å². The number of hydrogen-bond donors (Lipinski definition) is 0. The Morgan fingerprint density at radius 1 is 0.870 bits per heavy atom. The fourth-order valence-corrected chi connectivity index (χ4v) is 3.24. The van der Waals surface area contributed by atoms with Gasteiger partial charge in [-0.05, 0) is 17.7 Å². The maximum atomic E-state index is 13.2. The van der Waals surface area contributed by atoms with Gasteiger partial charge in [-0.3, -0.25) is 4.79 Å². The summed E-state index contributed by atoms with van der Waals surface area (Å²) in [7, 11) is 0. The highest BCUT2D eigenvalue weighted by Crippen LogP contribution is 2.27. The van der Waals surface area contributed by atoms with Crippen LogP contribution >= 0.6 is 0 Å². The number of hydrogen-bond acceptors (Lipinski definition) is 2. The van der Waals surface area contributed by atoms with Crippen LogP contribution in [0.2, 0.25) is 0 Å². The van der Waals surface area contributed by atoms with E-state index in [0.29, 0.717) is 0 Å². The summed E-state index contributed by atoms with van der Waals surface area (Å²) in [5.74, 6) is 0.0173. The third-order valence-electron chi connectivity index (χ3n) is 4.64. The second-order valence-electron chi connectivity index (χ2n) is 6.01. The lowest BCUT2D eigenvalue weighted by atomic mass is 9.90. The minimum atomic E-state index is -0.203. The first-order valence-corrected chi connectivity index (χ1v) is 8.40. The zero-order chi connectivity index (χ0) is 16.1. The Labute approximate surface area is 138 Å². The molecule has 0 bridgehead atoms. The van der Waals surface area contributed by atoms with Gasteiger partial charge in [-0.1, -0.05) is 67.6 Å². The van der Waals surface area contributed by atoms with Crippen LogP contribution in [0.4, 0.5) is 0 Å². The molecule has 0 spiro atoms. The monoisotopic (exact) mass is 308 g/mol. The molecule has 120 valence electrons. The highest BCUT2D eigenvalue weighted by atomic mass is 16.2. The number of benzene rings is 2. The van der Waals surface area contributed by atoms with Crippen molar-refractivity contribution in [1.82, 2.24) is 9.80 Å². The number of rotatable bonds is 4. The second kappa shape index (κ2) is 7.42. The first kappa shape index (κ1) is 15.8. The van der Waals surface area contributed by atoms with Crippen LogP contribution in [0.5, 0.6) is 0 Å². The highest BCUT2D eigenvalue weighted by Gasteiger charge is 2.29. The zero-order valence-corrected chi connectivity index (χ0v) is 13.7. The highest BCUT2D eigenvalue weighted by molar-refractivity contribution is 5.87.